The Morgan fingerprint density at radius 3 is 2.41 bits per heavy atom. The van der Waals surface area contributed by atoms with Crippen LogP contribution in [-0.2, 0) is 11.3 Å². The summed E-state index contributed by atoms with van der Waals surface area (Å²) in [6.07, 6.45) is 0.734. The van der Waals surface area contributed by atoms with E-state index >= 15 is 0 Å². The molecule has 1 rings (SSSR count). The number of carbonyl (C=O) groups excluding carboxylic acids is 1. The first kappa shape index (κ1) is 13.7. The van der Waals surface area contributed by atoms with Crippen molar-refractivity contribution in [2.24, 2.45) is 11.7 Å². The van der Waals surface area contributed by atoms with Crippen molar-refractivity contribution in [2.75, 3.05) is 7.05 Å². The van der Waals surface area contributed by atoms with Gasteiger partial charge in [-0.1, -0.05) is 44.2 Å². The Bertz CT molecular complexity index is 348. The Kier molecular flexibility index (Phi) is 5.16. The van der Waals surface area contributed by atoms with E-state index in [2.05, 4.69) is 13.8 Å². The van der Waals surface area contributed by atoms with E-state index < -0.39 is 0 Å². The van der Waals surface area contributed by atoms with Gasteiger partial charge in [0.25, 0.3) is 0 Å². The van der Waals surface area contributed by atoms with Crippen LogP contribution in [0.1, 0.15) is 25.8 Å². The van der Waals surface area contributed by atoms with Gasteiger partial charge in [0.2, 0.25) is 5.91 Å². The number of amides is 1. The van der Waals surface area contributed by atoms with Gasteiger partial charge in [-0.05, 0) is 17.9 Å². The Morgan fingerprint density at radius 2 is 1.88 bits per heavy atom. The van der Waals surface area contributed by atoms with Crippen LogP contribution >= 0.6 is 0 Å². The Hall–Kier alpha value is -1.35. The van der Waals surface area contributed by atoms with Gasteiger partial charge in [0.1, 0.15) is 0 Å². The number of hydrogen-bond acceptors (Lipinski definition) is 2. The zero-order chi connectivity index (χ0) is 12.8. The molecular weight excluding hydrogens is 212 g/mol. The first-order valence-electron chi connectivity index (χ1n) is 6.05. The highest BCUT2D eigenvalue weighted by Crippen LogP contribution is 2.08. The molecule has 17 heavy (non-hydrogen) atoms. The summed E-state index contributed by atoms with van der Waals surface area (Å²) in [5, 5.41) is 0. The van der Waals surface area contributed by atoms with Gasteiger partial charge in [0, 0.05) is 13.6 Å². The van der Waals surface area contributed by atoms with Crippen LogP contribution in [0, 0.1) is 5.92 Å². The summed E-state index contributed by atoms with van der Waals surface area (Å²) in [5.41, 5.74) is 7.01. The van der Waals surface area contributed by atoms with Gasteiger partial charge in [-0.2, -0.15) is 0 Å². The standard InChI is InChI=1S/C14H22N2O/c1-11(2)9-13(15)14(17)16(3)10-12-7-5-4-6-8-12/h4-8,11,13H,9-10,15H2,1-3H3. The minimum absolute atomic E-state index is 0.0163. The fourth-order valence-corrected chi connectivity index (χ4v) is 1.83. The molecule has 1 aromatic carbocycles. The summed E-state index contributed by atoms with van der Waals surface area (Å²) >= 11 is 0. The lowest BCUT2D eigenvalue weighted by Crippen LogP contribution is -2.42. The molecule has 0 aliphatic heterocycles. The van der Waals surface area contributed by atoms with Gasteiger partial charge >= 0.3 is 0 Å². The Labute approximate surface area is 104 Å². The number of benzene rings is 1. The maximum absolute atomic E-state index is 12.0. The van der Waals surface area contributed by atoms with E-state index in [0.717, 1.165) is 12.0 Å². The van der Waals surface area contributed by atoms with Crippen LogP contribution < -0.4 is 5.73 Å². The molecule has 0 fully saturated rings. The minimum atomic E-state index is -0.385. The third-order valence-electron chi connectivity index (χ3n) is 2.68. The third kappa shape index (κ3) is 4.57. The zero-order valence-electron chi connectivity index (χ0n) is 10.9. The third-order valence-corrected chi connectivity index (χ3v) is 2.68. The van der Waals surface area contributed by atoms with E-state index in [4.69, 9.17) is 5.73 Å². The number of rotatable bonds is 5. The number of nitrogens with two attached hydrogens (primary N) is 1. The summed E-state index contributed by atoms with van der Waals surface area (Å²) in [5.74, 6) is 0.460. The second-order valence-electron chi connectivity index (χ2n) is 4.92. The van der Waals surface area contributed by atoms with Gasteiger partial charge < -0.3 is 10.6 Å². The summed E-state index contributed by atoms with van der Waals surface area (Å²) in [6, 6.07) is 9.55. The van der Waals surface area contributed by atoms with Crippen molar-refractivity contribution in [2.45, 2.75) is 32.9 Å². The zero-order valence-corrected chi connectivity index (χ0v) is 10.9. The summed E-state index contributed by atoms with van der Waals surface area (Å²) in [6.45, 7) is 4.76. The molecule has 0 saturated carbocycles. The number of carbonyl (C=O) groups is 1. The molecule has 94 valence electrons. The lowest BCUT2D eigenvalue weighted by atomic mass is 10.0. The van der Waals surface area contributed by atoms with Crippen LogP contribution in [0.4, 0.5) is 0 Å². The molecule has 0 aliphatic rings. The van der Waals surface area contributed by atoms with Crippen LogP contribution in [0.15, 0.2) is 30.3 Å². The number of likely N-dealkylation sites (N-methyl/N-ethyl adjacent to an activating group) is 1. The second kappa shape index (κ2) is 6.40. The minimum Gasteiger partial charge on any atom is -0.340 e. The first-order valence-corrected chi connectivity index (χ1v) is 6.05. The van der Waals surface area contributed by atoms with Crippen LogP contribution in [-0.4, -0.2) is 23.9 Å². The van der Waals surface area contributed by atoms with Crippen LogP contribution in [0.3, 0.4) is 0 Å². The molecule has 0 aliphatic carbocycles. The molecule has 1 atom stereocenters. The summed E-state index contributed by atoms with van der Waals surface area (Å²) in [4.78, 5) is 13.7. The average Bonchev–Trinajstić information content (AvgIpc) is 2.28. The average molecular weight is 234 g/mol. The lowest BCUT2D eigenvalue weighted by molar-refractivity contribution is -0.132. The maximum atomic E-state index is 12.0. The molecule has 2 N–H and O–H groups in total. The van der Waals surface area contributed by atoms with Gasteiger partial charge in [-0.3, -0.25) is 4.79 Å². The van der Waals surface area contributed by atoms with Crippen LogP contribution in [0.5, 0.6) is 0 Å². The normalized spacial score (nSPS) is 12.5. The summed E-state index contributed by atoms with van der Waals surface area (Å²) < 4.78 is 0. The van der Waals surface area contributed by atoms with Gasteiger partial charge in [-0.15, -0.1) is 0 Å². The molecule has 0 bridgehead atoms. The van der Waals surface area contributed by atoms with E-state index in [-0.39, 0.29) is 11.9 Å². The highest BCUT2D eigenvalue weighted by molar-refractivity contribution is 5.81. The van der Waals surface area contributed by atoms with E-state index in [9.17, 15) is 4.79 Å². The molecule has 1 aromatic rings. The fraction of sp³-hybridized carbons (Fsp3) is 0.500. The van der Waals surface area contributed by atoms with Crippen molar-refractivity contribution in [1.29, 1.82) is 0 Å². The highest BCUT2D eigenvalue weighted by atomic mass is 16.2. The predicted octanol–water partition coefficient (Wildman–Crippen LogP) is 2.02. The Morgan fingerprint density at radius 1 is 1.29 bits per heavy atom. The first-order chi connectivity index (χ1) is 8.00. The molecule has 0 radical (unpaired) electrons. The van der Waals surface area contributed by atoms with E-state index in [0.29, 0.717) is 12.5 Å². The van der Waals surface area contributed by atoms with Crippen molar-refractivity contribution in [3.05, 3.63) is 35.9 Å². The molecule has 1 unspecified atom stereocenters. The molecular formula is C14H22N2O. The van der Waals surface area contributed by atoms with Crippen molar-refractivity contribution in [1.82, 2.24) is 4.90 Å². The molecule has 0 saturated heterocycles. The Balaban J connectivity index is 2.52. The molecule has 3 nitrogen and oxygen atoms in total. The predicted molar refractivity (Wildman–Crippen MR) is 70.3 cm³/mol. The largest absolute Gasteiger partial charge is 0.340 e. The SMILES string of the molecule is CC(C)CC(N)C(=O)N(C)Cc1ccccc1. The van der Waals surface area contributed by atoms with Crippen molar-refractivity contribution >= 4 is 5.91 Å². The second-order valence-corrected chi connectivity index (χ2v) is 4.92. The van der Waals surface area contributed by atoms with Crippen molar-refractivity contribution in [3.63, 3.8) is 0 Å². The van der Waals surface area contributed by atoms with E-state index in [1.807, 2.05) is 30.3 Å². The molecule has 0 aromatic heterocycles. The molecule has 0 spiro atoms. The topological polar surface area (TPSA) is 46.3 Å². The number of nitrogens with zero attached hydrogens (tertiary/aromatic N) is 1. The number of hydrogen-bond donors (Lipinski definition) is 1. The smallest absolute Gasteiger partial charge is 0.239 e. The lowest BCUT2D eigenvalue weighted by Gasteiger charge is -2.22. The monoisotopic (exact) mass is 234 g/mol. The molecule has 0 heterocycles. The highest BCUT2D eigenvalue weighted by Gasteiger charge is 2.18. The van der Waals surface area contributed by atoms with E-state index in [1.54, 1.807) is 11.9 Å². The van der Waals surface area contributed by atoms with Gasteiger partial charge in [0.15, 0.2) is 0 Å². The maximum Gasteiger partial charge on any atom is 0.239 e. The van der Waals surface area contributed by atoms with Crippen LogP contribution in [0.2, 0.25) is 0 Å². The quantitative estimate of drug-likeness (QED) is 0.847. The fourth-order valence-electron chi connectivity index (χ4n) is 1.83. The van der Waals surface area contributed by atoms with Crippen molar-refractivity contribution < 1.29 is 4.79 Å². The molecule has 1 amide bonds. The van der Waals surface area contributed by atoms with E-state index in [1.165, 1.54) is 0 Å². The van der Waals surface area contributed by atoms with Crippen molar-refractivity contribution in [3.8, 4) is 0 Å². The molecule has 3 heteroatoms. The summed E-state index contributed by atoms with van der Waals surface area (Å²) in [7, 11) is 1.80. The van der Waals surface area contributed by atoms with Gasteiger partial charge in [0.05, 0.1) is 6.04 Å². The van der Waals surface area contributed by atoms with Crippen LogP contribution in [0.25, 0.3) is 0 Å². The van der Waals surface area contributed by atoms with Gasteiger partial charge in [-0.25, -0.2) is 0 Å².